The Bertz CT molecular complexity index is 605. The lowest BCUT2D eigenvalue weighted by molar-refractivity contribution is 0.274. The van der Waals surface area contributed by atoms with Crippen molar-refractivity contribution in [2.45, 2.75) is 6.61 Å². The predicted molar refractivity (Wildman–Crippen MR) is 63.6 cm³/mol. The Hall–Kier alpha value is -2.38. The molecule has 3 nitrogen and oxygen atoms in total. The van der Waals surface area contributed by atoms with Gasteiger partial charge < -0.3 is 9.84 Å². The molecule has 0 bridgehead atoms. The lowest BCUT2D eigenvalue weighted by atomic mass is 10.2. The normalized spacial score (nSPS) is 9.83. The van der Waals surface area contributed by atoms with Crippen LogP contribution in [0.25, 0.3) is 0 Å². The minimum atomic E-state index is -0.552. The van der Waals surface area contributed by atoms with E-state index in [2.05, 4.69) is 0 Å². The Morgan fingerprint density at radius 1 is 1.22 bits per heavy atom. The van der Waals surface area contributed by atoms with Crippen LogP contribution in [0.5, 0.6) is 11.5 Å². The van der Waals surface area contributed by atoms with Crippen molar-refractivity contribution in [2.75, 3.05) is 0 Å². The van der Waals surface area contributed by atoms with Crippen LogP contribution >= 0.6 is 0 Å². The Labute approximate surface area is 104 Å². The molecule has 0 heterocycles. The van der Waals surface area contributed by atoms with Crippen LogP contribution in [0.3, 0.4) is 0 Å². The van der Waals surface area contributed by atoms with E-state index >= 15 is 0 Å². The highest BCUT2D eigenvalue weighted by molar-refractivity contribution is 5.42. The Morgan fingerprint density at radius 3 is 2.72 bits per heavy atom. The summed E-state index contributed by atoms with van der Waals surface area (Å²) in [6.07, 6.45) is 0. The summed E-state index contributed by atoms with van der Waals surface area (Å²) in [5, 5.41) is 17.9. The number of aliphatic hydroxyl groups excluding tert-OH is 1. The Morgan fingerprint density at radius 2 is 2.00 bits per heavy atom. The van der Waals surface area contributed by atoms with Crippen molar-refractivity contribution in [3.63, 3.8) is 0 Å². The van der Waals surface area contributed by atoms with Gasteiger partial charge in [0, 0.05) is 5.56 Å². The first-order valence-electron chi connectivity index (χ1n) is 5.31. The molecular weight excluding hydrogens is 233 g/mol. The molecule has 0 amide bonds. The number of nitriles is 1. The van der Waals surface area contributed by atoms with E-state index in [4.69, 9.17) is 15.1 Å². The van der Waals surface area contributed by atoms with Gasteiger partial charge in [-0.1, -0.05) is 18.2 Å². The van der Waals surface area contributed by atoms with E-state index in [1.54, 1.807) is 24.3 Å². The third-order valence-corrected chi connectivity index (χ3v) is 2.40. The predicted octanol–water partition coefficient (Wildman–Crippen LogP) is 2.98. The monoisotopic (exact) mass is 243 g/mol. The van der Waals surface area contributed by atoms with Crippen LogP contribution in [0.2, 0.25) is 0 Å². The third kappa shape index (κ3) is 2.47. The highest BCUT2D eigenvalue weighted by Gasteiger charge is 2.10. The van der Waals surface area contributed by atoms with E-state index < -0.39 is 5.82 Å². The summed E-state index contributed by atoms with van der Waals surface area (Å²) < 4.78 is 19.0. The van der Waals surface area contributed by atoms with Crippen LogP contribution in [0.15, 0.2) is 42.5 Å². The second-order valence-corrected chi connectivity index (χ2v) is 3.63. The van der Waals surface area contributed by atoms with Crippen molar-refractivity contribution in [2.24, 2.45) is 0 Å². The molecule has 0 aliphatic heterocycles. The Kier molecular flexibility index (Phi) is 3.56. The summed E-state index contributed by atoms with van der Waals surface area (Å²) in [4.78, 5) is 0. The maximum atomic E-state index is 13.6. The van der Waals surface area contributed by atoms with Gasteiger partial charge >= 0.3 is 0 Å². The van der Waals surface area contributed by atoms with Crippen molar-refractivity contribution in [1.82, 2.24) is 0 Å². The molecule has 0 fully saturated rings. The molecule has 0 saturated heterocycles. The van der Waals surface area contributed by atoms with Crippen molar-refractivity contribution in [3.05, 3.63) is 59.4 Å². The lowest BCUT2D eigenvalue weighted by Crippen LogP contribution is -1.95. The number of benzene rings is 2. The number of para-hydroxylation sites is 1. The SMILES string of the molecule is N#Cc1cccc(Oc2c(F)cccc2CO)c1. The fraction of sp³-hybridized carbons (Fsp3) is 0.0714. The first-order chi connectivity index (χ1) is 8.74. The van der Waals surface area contributed by atoms with Crippen molar-refractivity contribution in [1.29, 1.82) is 5.26 Å². The van der Waals surface area contributed by atoms with Gasteiger partial charge in [0.1, 0.15) is 5.75 Å². The van der Waals surface area contributed by atoms with Crippen molar-refractivity contribution < 1.29 is 14.2 Å². The largest absolute Gasteiger partial charge is 0.454 e. The molecule has 0 atom stereocenters. The van der Waals surface area contributed by atoms with Gasteiger partial charge in [0.2, 0.25) is 0 Å². The van der Waals surface area contributed by atoms with Crippen LogP contribution in [0, 0.1) is 17.1 Å². The summed E-state index contributed by atoms with van der Waals surface area (Å²) in [6, 6.07) is 12.7. The maximum Gasteiger partial charge on any atom is 0.168 e. The minimum absolute atomic E-state index is 0.0184. The van der Waals surface area contributed by atoms with Gasteiger partial charge in [0.05, 0.1) is 18.2 Å². The van der Waals surface area contributed by atoms with E-state index in [1.807, 2.05) is 6.07 Å². The molecule has 0 saturated carbocycles. The third-order valence-electron chi connectivity index (χ3n) is 2.40. The quantitative estimate of drug-likeness (QED) is 0.901. The van der Waals surface area contributed by atoms with E-state index in [1.165, 1.54) is 18.2 Å². The number of rotatable bonds is 3. The maximum absolute atomic E-state index is 13.6. The summed E-state index contributed by atoms with van der Waals surface area (Å²) in [6.45, 7) is -0.314. The molecule has 0 spiro atoms. The lowest BCUT2D eigenvalue weighted by Gasteiger charge is -2.10. The second-order valence-electron chi connectivity index (χ2n) is 3.63. The zero-order chi connectivity index (χ0) is 13.0. The smallest absolute Gasteiger partial charge is 0.168 e. The van der Waals surface area contributed by atoms with Crippen LogP contribution in [0.1, 0.15) is 11.1 Å². The summed E-state index contributed by atoms with van der Waals surface area (Å²) in [7, 11) is 0. The number of ether oxygens (including phenoxy) is 1. The molecule has 2 aromatic carbocycles. The molecule has 0 aromatic heterocycles. The van der Waals surface area contributed by atoms with Gasteiger partial charge in [0.15, 0.2) is 11.6 Å². The highest BCUT2D eigenvalue weighted by Crippen LogP contribution is 2.28. The van der Waals surface area contributed by atoms with Crippen LogP contribution < -0.4 is 4.74 Å². The molecule has 90 valence electrons. The molecule has 1 N–H and O–H groups in total. The van der Waals surface area contributed by atoms with Crippen molar-refractivity contribution in [3.8, 4) is 17.6 Å². The summed E-state index contributed by atoms with van der Waals surface area (Å²) >= 11 is 0. The number of hydrogen-bond acceptors (Lipinski definition) is 3. The zero-order valence-corrected chi connectivity index (χ0v) is 9.43. The van der Waals surface area contributed by atoms with Gasteiger partial charge in [-0.15, -0.1) is 0 Å². The number of nitrogens with zero attached hydrogens (tertiary/aromatic N) is 1. The highest BCUT2D eigenvalue weighted by atomic mass is 19.1. The van der Waals surface area contributed by atoms with Gasteiger partial charge in [-0.25, -0.2) is 4.39 Å². The molecule has 2 rings (SSSR count). The van der Waals surface area contributed by atoms with E-state index in [0.29, 0.717) is 16.9 Å². The van der Waals surface area contributed by atoms with Crippen LogP contribution in [-0.2, 0) is 6.61 Å². The first-order valence-corrected chi connectivity index (χ1v) is 5.31. The van der Waals surface area contributed by atoms with Crippen LogP contribution in [-0.4, -0.2) is 5.11 Å². The van der Waals surface area contributed by atoms with Crippen molar-refractivity contribution >= 4 is 0 Å². The molecule has 4 heteroatoms. The number of aliphatic hydroxyl groups is 1. The molecule has 0 unspecified atom stereocenters. The van der Waals surface area contributed by atoms with Gasteiger partial charge in [-0.05, 0) is 24.3 Å². The van der Waals surface area contributed by atoms with E-state index in [9.17, 15) is 4.39 Å². The first kappa shape index (κ1) is 12.1. The topological polar surface area (TPSA) is 53.2 Å². The molecule has 2 aromatic rings. The fourth-order valence-electron chi connectivity index (χ4n) is 1.54. The zero-order valence-electron chi connectivity index (χ0n) is 9.43. The van der Waals surface area contributed by atoms with Gasteiger partial charge in [-0.3, -0.25) is 0 Å². The summed E-state index contributed by atoms with van der Waals surface area (Å²) in [5.41, 5.74) is 0.784. The number of hydrogen-bond donors (Lipinski definition) is 1. The molecular formula is C14H10FNO2. The average molecular weight is 243 g/mol. The van der Waals surface area contributed by atoms with E-state index in [0.717, 1.165) is 0 Å². The Balaban J connectivity index is 2.37. The van der Waals surface area contributed by atoms with Gasteiger partial charge in [-0.2, -0.15) is 5.26 Å². The van der Waals surface area contributed by atoms with Crippen LogP contribution in [0.4, 0.5) is 4.39 Å². The molecule has 18 heavy (non-hydrogen) atoms. The van der Waals surface area contributed by atoms with Gasteiger partial charge in [0.25, 0.3) is 0 Å². The van der Waals surface area contributed by atoms with E-state index in [-0.39, 0.29) is 12.4 Å². The number of halogens is 1. The average Bonchev–Trinajstić information content (AvgIpc) is 2.41. The second kappa shape index (κ2) is 5.30. The standard InChI is InChI=1S/C14H10FNO2/c15-13-6-2-4-11(9-17)14(13)18-12-5-1-3-10(7-12)8-16/h1-7,17H,9H2. The molecule has 0 radical (unpaired) electrons. The molecule has 0 aliphatic carbocycles. The minimum Gasteiger partial charge on any atom is -0.454 e. The summed E-state index contributed by atoms with van der Waals surface area (Å²) in [5.74, 6) is -0.215. The fourth-order valence-corrected chi connectivity index (χ4v) is 1.54. The molecule has 0 aliphatic rings.